The van der Waals surface area contributed by atoms with Crippen LogP contribution in [0.25, 0.3) is 0 Å². The van der Waals surface area contributed by atoms with Crippen LogP contribution < -0.4 is 4.89 Å². The third-order valence-corrected chi connectivity index (χ3v) is 5.00. The van der Waals surface area contributed by atoms with Crippen LogP contribution in [-0.2, 0) is 51.6 Å². The molecule has 0 saturated heterocycles. The molecule has 0 spiro atoms. The van der Waals surface area contributed by atoms with Crippen molar-refractivity contribution in [2.75, 3.05) is 73.9 Å². The first kappa shape index (κ1) is 34.7. The summed E-state index contributed by atoms with van der Waals surface area (Å²) in [7, 11) is 0.466. The van der Waals surface area contributed by atoms with Crippen molar-refractivity contribution in [1.82, 2.24) is 0 Å². The molecule has 0 amide bonds. The highest BCUT2D eigenvalue weighted by Crippen LogP contribution is 2.49. The molecule has 0 saturated carbocycles. The van der Waals surface area contributed by atoms with E-state index in [0.29, 0.717) is 11.0 Å². The number of rotatable bonds is 21. The van der Waals surface area contributed by atoms with Gasteiger partial charge in [0, 0.05) is 0 Å². The maximum Gasteiger partial charge on any atom is 0.417 e. The molecule has 0 heterocycles. The Labute approximate surface area is 214 Å². The molecular formula is C22H44NO12P. The van der Waals surface area contributed by atoms with E-state index < -0.39 is 25.7 Å². The molecule has 13 nitrogen and oxygen atoms in total. The van der Waals surface area contributed by atoms with Crippen LogP contribution in [0, 0.1) is 0 Å². The predicted octanol–water partition coefficient (Wildman–Crippen LogP) is 2.11. The van der Waals surface area contributed by atoms with Gasteiger partial charge in [0.1, 0.15) is 19.4 Å². The van der Waals surface area contributed by atoms with Crippen LogP contribution in [0.5, 0.6) is 0 Å². The first-order valence-corrected chi connectivity index (χ1v) is 13.5. The molecule has 36 heavy (non-hydrogen) atoms. The van der Waals surface area contributed by atoms with Crippen molar-refractivity contribution >= 4 is 13.8 Å². The third-order valence-electron chi connectivity index (χ3n) is 4.04. The number of phosphoric acid groups is 1. The molecule has 1 atom stereocenters. The minimum Gasteiger partial charge on any atom is -0.756 e. The summed E-state index contributed by atoms with van der Waals surface area (Å²) >= 11 is 0. The van der Waals surface area contributed by atoms with Gasteiger partial charge in [0.05, 0.1) is 60.8 Å². The van der Waals surface area contributed by atoms with Gasteiger partial charge in [0.25, 0.3) is 7.82 Å². The summed E-state index contributed by atoms with van der Waals surface area (Å²) in [6, 6.07) is 0. The Morgan fingerprint density at radius 1 is 0.833 bits per heavy atom. The zero-order chi connectivity index (χ0) is 27.9. The molecule has 0 aromatic rings. The van der Waals surface area contributed by atoms with E-state index in [2.05, 4.69) is 0 Å². The van der Waals surface area contributed by atoms with E-state index in [0.717, 1.165) is 6.26 Å². The molecule has 1 unspecified atom stereocenters. The highest BCUT2D eigenvalue weighted by molar-refractivity contribution is 7.45. The van der Waals surface area contributed by atoms with Gasteiger partial charge in [-0.1, -0.05) is 0 Å². The van der Waals surface area contributed by atoms with E-state index in [-0.39, 0.29) is 52.0 Å². The standard InChI is InChI=1S/C22H44NO12P/c1-10-27-18-19(28-11-2)20(24)34-21(29-12-3,30-13-4)22(31-14-5,32-15-6)35-36(25,26)33-17-16-23(7,8)9/h18H,10-17H2,1-9H3. The van der Waals surface area contributed by atoms with E-state index in [9.17, 15) is 14.3 Å². The largest absolute Gasteiger partial charge is 0.756 e. The monoisotopic (exact) mass is 545 g/mol. The maximum atomic E-state index is 13.1. The summed E-state index contributed by atoms with van der Waals surface area (Å²) in [5, 5.41) is 0. The van der Waals surface area contributed by atoms with Crippen molar-refractivity contribution in [2.45, 2.75) is 53.5 Å². The average Bonchev–Trinajstić information content (AvgIpc) is 2.75. The number of phosphoric ester groups is 1. The lowest BCUT2D eigenvalue weighted by Gasteiger charge is -2.46. The number of hydrogen-bond acceptors (Lipinski definition) is 12. The fourth-order valence-corrected chi connectivity index (χ4v) is 3.52. The van der Waals surface area contributed by atoms with Crippen molar-refractivity contribution in [1.29, 1.82) is 0 Å². The number of likely N-dealkylation sites (N-methyl/N-ethyl adjacent to an activating group) is 1. The predicted molar refractivity (Wildman–Crippen MR) is 127 cm³/mol. The fraction of sp³-hybridized carbons (Fsp3) is 0.864. The average molecular weight is 546 g/mol. The summed E-state index contributed by atoms with van der Waals surface area (Å²) < 4.78 is 62.3. The summed E-state index contributed by atoms with van der Waals surface area (Å²) in [5.41, 5.74) is 0. The molecule has 0 fully saturated rings. The molecule has 0 aromatic heterocycles. The van der Waals surface area contributed by atoms with Gasteiger partial charge in [-0.05, 0) is 41.5 Å². The Bertz CT molecular complexity index is 698. The van der Waals surface area contributed by atoms with Crippen LogP contribution in [0.15, 0.2) is 12.0 Å². The highest BCUT2D eigenvalue weighted by atomic mass is 31.2. The zero-order valence-electron chi connectivity index (χ0n) is 23.0. The first-order chi connectivity index (χ1) is 16.8. The lowest BCUT2D eigenvalue weighted by atomic mass is 10.4. The Balaban J connectivity index is 6.56. The van der Waals surface area contributed by atoms with Gasteiger partial charge < -0.3 is 47.1 Å². The van der Waals surface area contributed by atoms with E-state index in [1.165, 1.54) is 0 Å². The second kappa shape index (κ2) is 16.5. The lowest BCUT2D eigenvalue weighted by molar-refractivity contribution is -0.870. The second-order valence-electron chi connectivity index (χ2n) is 7.99. The van der Waals surface area contributed by atoms with Crippen LogP contribution in [0.3, 0.4) is 0 Å². The number of nitrogens with zero attached hydrogens (tertiary/aromatic N) is 1. The molecule has 0 aliphatic carbocycles. The highest BCUT2D eigenvalue weighted by Gasteiger charge is 2.65. The molecule has 0 radical (unpaired) electrons. The van der Waals surface area contributed by atoms with E-state index in [1.807, 2.05) is 21.1 Å². The van der Waals surface area contributed by atoms with E-state index in [4.69, 9.17) is 42.2 Å². The number of ether oxygens (including phenoxy) is 7. The molecule has 0 aliphatic rings. The zero-order valence-corrected chi connectivity index (χ0v) is 23.9. The van der Waals surface area contributed by atoms with E-state index in [1.54, 1.807) is 41.5 Å². The number of carbonyl (C=O) groups is 1. The number of quaternary nitrogens is 1. The van der Waals surface area contributed by atoms with Gasteiger partial charge in [-0.15, -0.1) is 0 Å². The molecule has 14 heteroatoms. The van der Waals surface area contributed by atoms with Gasteiger partial charge in [0.2, 0.25) is 5.76 Å². The van der Waals surface area contributed by atoms with Crippen LogP contribution in [-0.4, -0.2) is 96.3 Å². The molecule has 0 aromatic carbocycles. The SMILES string of the molecule is CCOC=C(OCC)C(=O)OC(OCC)(OCC)C(OCC)(OCC)OP(=O)([O-])OCC[N+](C)(C)C. The summed E-state index contributed by atoms with van der Waals surface area (Å²) in [4.78, 5) is 26.0. The lowest BCUT2D eigenvalue weighted by Crippen LogP contribution is -2.65. The minimum absolute atomic E-state index is 0.110. The molecular weight excluding hydrogens is 501 g/mol. The van der Waals surface area contributed by atoms with Crippen LogP contribution in [0.1, 0.15) is 41.5 Å². The number of carbonyl (C=O) groups excluding carboxylic acids is 1. The summed E-state index contributed by atoms with van der Waals surface area (Å²) in [5.74, 6) is -6.80. The van der Waals surface area contributed by atoms with Gasteiger partial charge in [-0.3, -0.25) is 9.09 Å². The maximum absolute atomic E-state index is 13.1. The minimum atomic E-state index is -5.13. The Hall–Kier alpha value is -1.28. The molecule has 0 aliphatic heterocycles. The third kappa shape index (κ3) is 11.4. The summed E-state index contributed by atoms with van der Waals surface area (Å²) in [6.07, 6.45) is 1.06. The smallest absolute Gasteiger partial charge is 0.417 e. The second-order valence-corrected chi connectivity index (χ2v) is 9.33. The van der Waals surface area contributed by atoms with Gasteiger partial charge in [-0.2, -0.15) is 0 Å². The van der Waals surface area contributed by atoms with E-state index >= 15 is 0 Å². The van der Waals surface area contributed by atoms with Crippen LogP contribution >= 0.6 is 7.82 Å². The van der Waals surface area contributed by atoms with Crippen molar-refractivity contribution in [3.05, 3.63) is 12.0 Å². The van der Waals surface area contributed by atoms with Gasteiger partial charge in [-0.25, -0.2) is 4.79 Å². The number of esters is 1. The quantitative estimate of drug-likeness (QED) is 0.0521. The molecule has 0 bridgehead atoms. The van der Waals surface area contributed by atoms with Crippen molar-refractivity contribution in [3.8, 4) is 0 Å². The van der Waals surface area contributed by atoms with Gasteiger partial charge in [0.15, 0.2) is 0 Å². The molecule has 0 rings (SSSR count). The summed E-state index contributed by atoms with van der Waals surface area (Å²) in [6.45, 7) is 9.58. The van der Waals surface area contributed by atoms with Crippen LogP contribution in [0.4, 0.5) is 0 Å². The normalized spacial score (nSPS) is 14.9. The van der Waals surface area contributed by atoms with Gasteiger partial charge >= 0.3 is 17.9 Å². The number of hydrogen-bond donors (Lipinski definition) is 0. The Morgan fingerprint density at radius 3 is 1.75 bits per heavy atom. The fourth-order valence-electron chi connectivity index (χ4n) is 2.65. The topological polar surface area (TPSA) is 140 Å². The van der Waals surface area contributed by atoms with Crippen molar-refractivity contribution < 1.29 is 60.9 Å². The first-order valence-electron chi connectivity index (χ1n) is 12.0. The molecule has 214 valence electrons. The molecule has 0 N–H and O–H groups in total. The van der Waals surface area contributed by atoms with Crippen molar-refractivity contribution in [2.24, 2.45) is 0 Å². The Kier molecular flexibility index (Phi) is 16.0. The van der Waals surface area contributed by atoms with Crippen molar-refractivity contribution in [3.63, 3.8) is 0 Å². The van der Waals surface area contributed by atoms with Crippen LogP contribution in [0.2, 0.25) is 0 Å². The Morgan fingerprint density at radius 2 is 1.33 bits per heavy atom.